The molecule has 0 amide bonds. The molecule has 0 radical (unpaired) electrons. The van der Waals surface area contributed by atoms with E-state index in [0.717, 1.165) is 24.9 Å². The van der Waals surface area contributed by atoms with Gasteiger partial charge in [0.1, 0.15) is 5.76 Å². The second kappa shape index (κ2) is 6.83. The Hall–Kier alpha value is -1.01. The maximum Gasteiger partial charge on any atom is 0.401 e. The van der Waals surface area contributed by atoms with Crippen LogP contribution in [0.5, 0.6) is 0 Å². The lowest BCUT2D eigenvalue weighted by molar-refractivity contribution is -0.148. The number of nitrogens with zero attached hydrogens (tertiary/aromatic N) is 1. The van der Waals surface area contributed by atoms with E-state index >= 15 is 0 Å². The highest BCUT2D eigenvalue weighted by atomic mass is 19.4. The zero-order valence-corrected chi connectivity index (χ0v) is 12.5. The molecule has 1 fully saturated rings. The van der Waals surface area contributed by atoms with Gasteiger partial charge in [0.25, 0.3) is 0 Å². The zero-order valence-electron chi connectivity index (χ0n) is 12.5. The van der Waals surface area contributed by atoms with Gasteiger partial charge in [-0.05, 0) is 31.4 Å². The van der Waals surface area contributed by atoms with E-state index < -0.39 is 12.7 Å². The Morgan fingerprint density at radius 2 is 2.10 bits per heavy atom. The Labute approximate surface area is 123 Å². The van der Waals surface area contributed by atoms with Gasteiger partial charge in [0.15, 0.2) is 0 Å². The van der Waals surface area contributed by atoms with E-state index in [2.05, 4.69) is 19.2 Å². The highest BCUT2D eigenvalue weighted by Gasteiger charge is 2.38. The Morgan fingerprint density at radius 1 is 1.38 bits per heavy atom. The van der Waals surface area contributed by atoms with Crippen molar-refractivity contribution in [3.8, 4) is 0 Å². The molecule has 1 aliphatic rings. The SMILES string of the molecule is CC(C)CNCc1coc(CN(CC(F)(F)F)C2CC2)c1. The van der Waals surface area contributed by atoms with Crippen LogP contribution in [0.3, 0.4) is 0 Å². The van der Waals surface area contributed by atoms with Crippen molar-refractivity contribution in [2.75, 3.05) is 13.1 Å². The van der Waals surface area contributed by atoms with Crippen molar-refractivity contribution in [1.29, 1.82) is 0 Å². The Balaban J connectivity index is 1.85. The first-order valence-electron chi connectivity index (χ1n) is 7.41. The quantitative estimate of drug-likeness (QED) is 0.796. The summed E-state index contributed by atoms with van der Waals surface area (Å²) >= 11 is 0. The van der Waals surface area contributed by atoms with Crippen LogP contribution < -0.4 is 5.32 Å². The van der Waals surface area contributed by atoms with Crippen molar-refractivity contribution in [2.24, 2.45) is 5.92 Å². The monoisotopic (exact) mass is 304 g/mol. The third-order valence-corrected chi connectivity index (χ3v) is 3.39. The lowest BCUT2D eigenvalue weighted by Crippen LogP contribution is -2.35. The molecule has 0 aliphatic heterocycles. The van der Waals surface area contributed by atoms with Crippen molar-refractivity contribution in [3.63, 3.8) is 0 Å². The molecule has 1 heterocycles. The van der Waals surface area contributed by atoms with Gasteiger partial charge in [0.2, 0.25) is 0 Å². The molecule has 0 bridgehead atoms. The predicted molar refractivity (Wildman–Crippen MR) is 74.7 cm³/mol. The second-order valence-corrected chi connectivity index (χ2v) is 6.20. The summed E-state index contributed by atoms with van der Waals surface area (Å²) in [5.41, 5.74) is 0.980. The van der Waals surface area contributed by atoms with E-state index in [4.69, 9.17) is 4.42 Å². The van der Waals surface area contributed by atoms with E-state index in [1.165, 1.54) is 4.90 Å². The smallest absolute Gasteiger partial charge is 0.401 e. The minimum atomic E-state index is -4.16. The van der Waals surface area contributed by atoms with E-state index in [9.17, 15) is 13.2 Å². The summed E-state index contributed by atoms with van der Waals surface area (Å²) in [6.07, 6.45) is -0.836. The molecule has 0 unspecified atom stereocenters. The molecule has 1 aromatic rings. The summed E-state index contributed by atoms with van der Waals surface area (Å²) in [6.45, 7) is 5.21. The minimum absolute atomic E-state index is 0.0549. The van der Waals surface area contributed by atoms with Crippen LogP contribution in [0.25, 0.3) is 0 Å². The fourth-order valence-corrected chi connectivity index (χ4v) is 2.29. The van der Waals surface area contributed by atoms with Crippen molar-refractivity contribution in [1.82, 2.24) is 10.2 Å². The Bertz CT molecular complexity index is 438. The van der Waals surface area contributed by atoms with Gasteiger partial charge in [0, 0.05) is 18.2 Å². The summed E-state index contributed by atoms with van der Waals surface area (Å²) in [6, 6.07) is 1.90. The molecular weight excluding hydrogens is 281 g/mol. The molecule has 21 heavy (non-hydrogen) atoms. The predicted octanol–water partition coefficient (Wildman–Crippen LogP) is 3.55. The number of nitrogens with one attached hydrogen (secondary N) is 1. The van der Waals surface area contributed by atoms with Gasteiger partial charge in [-0.2, -0.15) is 13.2 Å². The molecule has 1 aromatic heterocycles. The topological polar surface area (TPSA) is 28.4 Å². The van der Waals surface area contributed by atoms with Crippen LogP contribution >= 0.6 is 0 Å². The number of alkyl halides is 3. The van der Waals surface area contributed by atoms with Crippen LogP contribution in [0.2, 0.25) is 0 Å². The van der Waals surface area contributed by atoms with E-state index in [1.54, 1.807) is 6.26 Å². The van der Waals surface area contributed by atoms with Crippen LogP contribution in [0, 0.1) is 5.92 Å². The molecular formula is C15H23F3N2O. The first-order chi connectivity index (χ1) is 9.83. The fourth-order valence-electron chi connectivity index (χ4n) is 2.29. The summed E-state index contributed by atoms with van der Waals surface area (Å²) in [5, 5.41) is 3.29. The molecule has 120 valence electrons. The van der Waals surface area contributed by atoms with Crippen molar-refractivity contribution in [3.05, 3.63) is 23.7 Å². The standard InChI is InChI=1S/C15H23F3N2O/c1-11(2)6-19-7-12-5-14(21-9-12)8-20(13-3-4-13)10-15(16,17)18/h5,9,11,13,19H,3-4,6-8,10H2,1-2H3. The molecule has 0 aromatic carbocycles. The van der Waals surface area contributed by atoms with E-state index in [0.29, 0.717) is 18.2 Å². The lowest BCUT2D eigenvalue weighted by atomic mass is 10.2. The molecule has 1 N–H and O–H groups in total. The van der Waals surface area contributed by atoms with Gasteiger partial charge in [-0.15, -0.1) is 0 Å². The summed E-state index contributed by atoms with van der Waals surface area (Å²) in [4.78, 5) is 1.46. The molecule has 1 saturated carbocycles. The molecule has 3 nitrogen and oxygen atoms in total. The van der Waals surface area contributed by atoms with Gasteiger partial charge < -0.3 is 9.73 Å². The first-order valence-corrected chi connectivity index (χ1v) is 7.41. The second-order valence-electron chi connectivity index (χ2n) is 6.20. The zero-order chi connectivity index (χ0) is 15.5. The molecule has 1 aliphatic carbocycles. The number of furan rings is 1. The average Bonchev–Trinajstić information content (AvgIpc) is 3.09. The van der Waals surface area contributed by atoms with Gasteiger partial charge in [0.05, 0.1) is 19.4 Å². The molecule has 2 rings (SSSR count). The largest absolute Gasteiger partial charge is 0.468 e. The van der Waals surface area contributed by atoms with Gasteiger partial charge >= 0.3 is 6.18 Å². The van der Waals surface area contributed by atoms with Crippen LogP contribution in [0.4, 0.5) is 13.2 Å². The highest BCUT2D eigenvalue weighted by molar-refractivity contribution is 5.13. The van der Waals surface area contributed by atoms with E-state index in [-0.39, 0.29) is 12.6 Å². The number of rotatable bonds is 8. The van der Waals surface area contributed by atoms with Crippen LogP contribution in [-0.2, 0) is 13.1 Å². The van der Waals surface area contributed by atoms with Crippen molar-refractivity contribution >= 4 is 0 Å². The maximum absolute atomic E-state index is 12.6. The number of hydrogen-bond acceptors (Lipinski definition) is 3. The van der Waals surface area contributed by atoms with Crippen LogP contribution in [0.15, 0.2) is 16.7 Å². The van der Waals surface area contributed by atoms with Crippen molar-refractivity contribution < 1.29 is 17.6 Å². The van der Waals surface area contributed by atoms with Gasteiger partial charge in [-0.1, -0.05) is 13.8 Å². The molecule has 0 saturated heterocycles. The molecule has 0 spiro atoms. The summed E-state index contributed by atoms with van der Waals surface area (Å²) < 4.78 is 43.1. The third kappa shape index (κ3) is 6.09. The highest BCUT2D eigenvalue weighted by Crippen LogP contribution is 2.31. The van der Waals surface area contributed by atoms with Crippen LogP contribution in [-0.4, -0.2) is 30.2 Å². The average molecular weight is 304 g/mol. The van der Waals surface area contributed by atoms with E-state index in [1.807, 2.05) is 6.07 Å². The van der Waals surface area contributed by atoms with Crippen molar-refractivity contribution in [2.45, 2.75) is 52.0 Å². The molecule has 0 atom stereocenters. The maximum atomic E-state index is 12.6. The number of halogens is 3. The Kier molecular flexibility index (Phi) is 5.32. The summed E-state index contributed by atoms with van der Waals surface area (Å²) in [7, 11) is 0. The van der Waals surface area contributed by atoms with Gasteiger partial charge in [-0.25, -0.2) is 0 Å². The summed E-state index contributed by atoms with van der Waals surface area (Å²) in [5.74, 6) is 1.17. The first kappa shape index (κ1) is 16.4. The minimum Gasteiger partial charge on any atom is -0.468 e. The van der Waals surface area contributed by atoms with Crippen LogP contribution in [0.1, 0.15) is 38.0 Å². The number of hydrogen-bond donors (Lipinski definition) is 1. The lowest BCUT2D eigenvalue weighted by Gasteiger charge is -2.22. The Morgan fingerprint density at radius 3 is 2.67 bits per heavy atom. The van der Waals surface area contributed by atoms with Gasteiger partial charge in [-0.3, -0.25) is 4.90 Å². The third-order valence-electron chi connectivity index (χ3n) is 3.39. The normalized spacial score (nSPS) is 16.1. The molecule has 6 heteroatoms. The fraction of sp³-hybridized carbons (Fsp3) is 0.733.